The summed E-state index contributed by atoms with van der Waals surface area (Å²) in [6.07, 6.45) is 2.30. The highest BCUT2D eigenvalue weighted by Gasteiger charge is 2.16. The monoisotopic (exact) mass is 350 g/mol. The van der Waals surface area contributed by atoms with E-state index < -0.39 is 18.1 Å². The molecule has 0 saturated carbocycles. The zero-order valence-corrected chi connectivity index (χ0v) is 14.5. The molecule has 1 aromatic carbocycles. The van der Waals surface area contributed by atoms with Gasteiger partial charge in [0.2, 0.25) is 5.91 Å². The predicted molar refractivity (Wildman–Crippen MR) is 93.0 cm³/mol. The van der Waals surface area contributed by atoms with Crippen molar-refractivity contribution in [2.45, 2.75) is 51.7 Å². The van der Waals surface area contributed by atoms with Crippen molar-refractivity contribution in [1.82, 2.24) is 10.6 Å². The lowest BCUT2D eigenvalue weighted by Crippen LogP contribution is -2.40. The van der Waals surface area contributed by atoms with Crippen molar-refractivity contribution < 1.29 is 24.2 Å². The number of aliphatic carboxylic acids is 1. The quantitative estimate of drug-likeness (QED) is 0.532. The summed E-state index contributed by atoms with van der Waals surface area (Å²) < 4.78 is 5.08. The Bertz CT molecular complexity index is 548. The summed E-state index contributed by atoms with van der Waals surface area (Å²) >= 11 is 0. The van der Waals surface area contributed by atoms with E-state index in [4.69, 9.17) is 9.84 Å². The molecular weight excluding hydrogens is 324 g/mol. The Morgan fingerprint density at radius 2 is 1.84 bits per heavy atom. The molecule has 25 heavy (non-hydrogen) atoms. The molecule has 0 heterocycles. The van der Waals surface area contributed by atoms with E-state index in [0.29, 0.717) is 19.4 Å². The fourth-order valence-corrected chi connectivity index (χ4v) is 2.16. The maximum atomic E-state index is 11.6. The van der Waals surface area contributed by atoms with Crippen molar-refractivity contribution in [1.29, 1.82) is 0 Å². The summed E-state index contributed by atoms with van der Waals surface area (Å²) in [6.45, 7) is 2.42. The molecule has 3 N–H and O–H groups in total. The fourth-order valence-electron chi connectivity index (χ4n) is 2.16. The van der Waals surface area contributed by atoms with Gasteiger partial charge < -0.3 is 20.5 Å². The molecule has 1 atom stereocenters. The summed E-state index contributed by atoms with van der Waals surface area (Å²) in [5.41, 5.74) is 0.926. The molecule has 138 valence electrons. The summed E-state index contributed by atoms with van der Waals surface area (Å²) in [4.78, 5) is 34.0. The minimum atomic E-state index is -1.02. The number of carbonyl (C=O) groups is 3. The molecule has 0 aliphatic carbocycles. The van der Waals surface area contributed by atoms with E-state index in [1.54, 1.807) is 6.92 Å². The van der Waals surface area contributed by atoms with E-state index in [0.717, 1.165) is 18.4 Å². The number of amides is 2. The third-order valence-electron chi connectivity index (χ3n) is 3.60. The lowest BCUT2D eigenvalue weighted by molar-refractivity contribution is -0.141. The van der Waals surface area contributed by atoms with Gasteiger partial charge in [-0.2, -0.15) is 0 Å². The molecule has 7 heteroatoms. The number of carbonyl (C=O) groups excluding carboxylic acids is 2. The molecule has 0 saturated heterocycles. The van der Waals surface area contributed by atoms with Crippen LogP contribution >= 0.6 is 0 Å². The van der Waals surface area contributed by atoms with Crippen LogP contribution in [0.15, 0.2) is 30.3 Å². The summed E-state index contributed by atoms with van der Waals surface area (Å²) in [5, 5.41) is 14.0. The van der Waals surface area contributed by atoms with Crippen LogP contribution in [-0.4, -0.2) is 35.7 Å². The number of benzene rings is 1. The molecule has 0 spiro atoms. The summed E-state index contributed by atoms with van der Waals surface area (Å²) in [7, 11) is 0. The van der Waals surface area contributed by atoms with Gasteiger partial charge in [0, 0.05) is 13.0 Å². The molecule has 0 aliphatic heterocycles. The maximum Gasteiger partial charge on any atom is 0.407 e. The first-order chi connectivity index (χ1) is 12.0. The first kappa shape index (κ1) is 20.5. The van der Waals surface area contributed by atoms with Gasteiger partial charge in [-0.05, 0) is 24.8 Å². The van der Waals surface area contributed by atoms with E-state index >= 15 is 0 Å². The zero-order valence-electron chi connectivity index (χ0n) is 14.5. The predicted octanol–water partition coefficient (Wildman–Crippen LogP) is 2.45. The van der Waals surface area contributed by atoms with Crippen LogP contribution in [0.5, 0.6) is 0 Å². The van der Waals surface area contributed by atoms with Gasteiger partial charge in [-0.3, -0.25) is 4.79 Å². The third kappa shape index (κ3) is 9.34. The Morgan fingerprint density at radius 3 is 2.48 bits per heavy atom. The average Bonchev–Trinajstić information content (AvgIpc) is 2.61. The van der Waals surface area contributed by atoms with E-state index in [1.807, 2.05) is 30.3 Å². The van der Waals surface area contributed by atoms with Crippen LogP contribution in [0.4, 0.5) is 4.79 Å². The number of rotatable bonds is 11. The SMILES string of the molecule is CC[C@H](NC(=O)CCCCCNC(=O)OCc1ccccc1)C(=O)O. The first-order valence-corrected chi connectivity index (χ1v) is 8.49. The Morgan fingerprint density at radius 1 is 1.12 bits per heavy atom. The second-order valence-corrected chi connectivity index (χ2v) is 5.67. The molecule has 0 unspecified atom stereocenters. The zero-order chi connectivity index (χ0) is 18.5. The molecule has 0 fully saturated rings. The number of hydrogen-bond acceptors (Lipinski definition) is 4. The number of unbranched alkanes of at least 4 members (excludes halogenated alkanes) is 2. The van der Waals surface area contributed by atoms with Crippen molar-refractivity contribution in [2.24, 2.45) is 0 Å². The van der Waals surface area contributed by atoms with Crippen LogP contribution in [0, 0.1) is 0 Å². The largest absolute Gasteiger partial charge is 0.480 e. The number of nitrogens with one attached hydrogen (secondary N) is 2. The van der Waals surface area contributed by atoms with Crippen LogP contribution in [0.1, 0.15) is 44.6 Å². The number of alkyl carbamates (subject to hydrolysis) is 1. The standard InChI is InChI=1S/C18H26N2O5/c1-2-15(17(22)23)20-16(21)11-7-4-8-12-19-18(24)25-13-14-9-5-3-6-10-14/h3,5-6,9-10,15H,2,4,7-8,11-13H2,1H3,(H,19,24)(H,20,21)(H,22,23)/t15-/m0/s1. The van der Waals surface area contributed by atoms with E-state index in [9.17, 15) is 14.4 Å². The molecule has 0 aliphatic rings. The highest BCUT2D eigenvalue weighted by Crippen LogP contribution is 2.02. The molecule has 0 radical (unpaired) electrons. The minimum Gasteiger partial charge on any atom is -0.480 e. The molecule has 2 amide bonds. The molecule has 0 aromatic heterocycles. The lowest BCUT2D eigenvalue weighted by Gasteiger charge is -2.12. The first-order valence-electron chi connectivity index (χ1n) is 8.49. The Labute approximate surface area is 147 Å². The second-order valence-electron chi connectivity index (χ2n) is 5.67. The molecular formula is C18H26N2O5. The van der Waals surface area contributed by atoms with E-state index in [-0.39, 0.29) is 18.9 Å². The van der Waals surface area contributed by atoms with Crippen molar-refractivity contribution in [3.63, 3.8) is 0 Å². The normalized spacial score (nSPS) is 11.4. The van der Waals surface area contributed by atoms with Crippen molar-refractivity contribution in [3.8, 4) is 0 Å². The van der Waals surface area contributed by atoms with Gasteiger partial charge >= 0.3 is 12.1 Å². The van der Waals surface area contributed by atoms with Crippen LogP contribution < -0.4 is 10.6 Å². The molecule has 0 bridgehead atoms. The highest BCUT2D eigenvalue weighted by atomic mass is 16.5. The van der Waals surface area contributed by atoms with Gasteiger partial charge in [0.25, 0.3) is 0 Å². The van der Waals surface area contributed by atoms with Crippen LogP contribution in [0.25, 0.3) is 0 Å². The van der Waals surface area contributed by atoms with Crippen molar-refractivity contribution in [3.05, 3.63) is 35.9 Å². The summed E-state index contributed by atoms with van der Waals surface area (Å²) in [5.74, 6) is -1.28. The van der Waals surface area contributed by atoms with Gasteiger partial charge in [-0.25, -0.2) is 9.59 Å². The van der Waals surface area contributed by atoms with Crippen LogP contribution in [0.2, 0.25) is 0 Å². The lowest BCUT2D eigenvalue weighted by atomic mass is 10.1. The van der Waals surface area contributed by atoms with Gasteiger partial charge in [-0.1, -0.05) is 43.7 Å². The van der Waals surface area contributed by atoms with E-state index in [2.05, 4.69) is 10.6 Å². The Kier molecular flexibility index (Phi) is 9.74. The fraction of sp³-hybridized carbons (Fsp3) is 0.500. The number of hydrogen-bond donors (Lipinski definition) is 3. The average molecular weight is 350 g/mol. The summed E-state index contributed by atoms with van der Waals surface area (Å²) in [6, 6.07) is 8.59. The van der Waals surface area contributed by atoms with Crippen LogP contribution in [-0.2, 0) is 20.9 Å². The van der Waals surface area contributed by atoms with Crippen molar-refractivity contribution >= 4 is 18.0 Å². The van der Waals surface area contributed by atoms with Crippen molar-refractivity contribution in [2.75, 3.05) is 6.54 Å². The second kappa shape index (κ2) is 11.9. The molecule has 7 nitrogen and oxygen atoms in total. The van der Waals surface area contributed by atoms with E-state index in [1.165, 1.54) is 0 Å². The number of carboxylic acid groups (broad SMARTS) is 1. The third-order valence-corrected chi connectivity index (χ3v) is 3.60. The maximum absolute atomic E-state index is 11.6. The van der Waals surface area contributed by atoms with Gasteiger partial charge in [0.05, 0.1) is 0 Å². The smallest absolute Gasteiger partial charge is 0.407 e. The van der Waals surface area contributed by atoms with Gasteiger partial charge in [0.15, 0.2) is 0 Å². The topological polar surface area (TPSA) is 105 Å². The Hall–Kier alpha value is -2.57. The minimum absolute atomic E-state index is 0.231. The van der Waals surface area contributed by atoms with Gasteiger partial charge in [0.1, 0.15) is 12.6 Å². The molecule has 1 rings (SSSR count). The van der Waals surface area contributed by atoms with Crippen LogP contribution in [0.3, 0.4) is 0 Å². The number of carboxylic acids is 1. The number of ether oxygens (including phenoxy) is 1. The highest BCUT2D eigenvalue weighted by molar-refractivity contribution is 5.83. The molecule has 1 aromatic rings. The van der Waals surface area contributed by atoms with Gasteiger partial charge in [-0.15, -0.1) is 0 Å². The Balaban J connectivity index is 2.03.